The van der Waals surface area contributed by atoms with Crippen LogP contribution in [-0.4, -0.2) is 19.5 Å². The molecule has 0 atom stereocenters. The van der Waals surface area contributed by atoms with Gasteiger partial charge in [-0.25, -0.2) is 15.0 Å². The predicted molar refractivity (Wildman–Crippen MR) is 234 cm³/mol. The molecule has 11 rings (SSSR count). The zero-order valence-corrected chi connectivity index (χ0v) is 31.0. The number of thiophene rings is 1. The van der Waals surface area contributed by atoms with E-state index in [1.54, 1.807) is 0 Å². The van der Waals surface area contributed by atoms with Gasteiger partial charge in [-0.3, -0.25) is 0 Å². The average molecular weight is 733 g/mol. The van der Waals surface area contributed by atoms with E-state index < -0.39 is 0 Å². The van der Waals surface area contributed by atoms with Crippen LogP contribution in [0.5, 0.6) is 0 Å². The molecule has 0 fully saturated rings. The van der Waals surface area contributed by atoms with Crippen LogP contribution in [0.2, 0.25) is 0 Å². The molecule has 56 heavy (non-hydrogen) atoms. The van der Waals surface area contributed by atoms with E-state index >= 15 is 0 Å². The highest BCUT2D eigenvalue weighted by Crippen LogP contribution is 2.44. The standard InChI is InChI=1S/C51H32N4S/c1-4-14-33(15-5-1)34-24-26-35(27-25-34)38-30-39(51-53-49(36-16-6-2-7-17-36)52-50(54-51)37-18-8-3-9-19-37)32-40(31-38)55-44-22-12-10-20-41(44)42-28-29-46-47(48(42)55)43-21-11-13-23-45(43)56-46/h1-32H. The van der Waals surface area contributed by atoms with Crippen molar-refractivity contribution in [3.05, 3.63) is 194 Å². The molecule has 0 bridgehead atoms. The number of fused-ring (bicyclic) bond motifs is 7. The molecule has 3 aromatic heterocycles. The summed E-state index contributed by atoms with van der Waals surface area (Å²) in [5, 5.41) is 4.99. The van der Waals surface area contributed by atoms with Crippen LogP contribution in [0.1, 0.15) is 0 Å². The number of hydrogen-bond donors (Lipinski definition) is 0. The summed E-state index contributed by atoms with van der Waals surface area (Å²) in [4.78, 5) is 15.4. The van der Waals surface area contributed by atoms with Gasteiger partial charge < -0.3 is 4.57 Å². The van der Waals surface area contributed by atoms with Crippen molar-refractivity contribution in [2.24, 2.45) is 0 Å². The lowest BCUT2D eigenvalue weighted by molar-refractivity contribution is 1.07. The second-order valence-corrected chi connectivity index (χ2v) is 15.1. The first kappa shape index (κ1) is 32.2. The summed E-state index contributed by atoms with van der Waals surface area (Å²) in [6, 6.07) is 68.6. The summed E-state index contributed by atoms with van der Waals surface area (Å²) < 4.78 is 5.01. The maximum Gasteiger partial charge on any atom is 0.164 e. The molecule has 0 spiro atoms. The van der Waals surface area contributed by atoms with Crippen LogP contribution in [0, 0.1) is 0 Å². The van der Waals surface area contributed by atoms with Gasteiger partial charge in [0.15, 0.2) is 17.5 Å². The van der Waals surface area contributed by atoms with Crippen molar-refractivity contribution >= 4 is 53.3 Å². The fraction of sp³-hybridized carbons (Fsp3) is 0. The Morgan fingerprint density at radius 1 is 0.339 bits per heavy atom. The highest BCUT2D eigenvalue weighted by molar-refractivity contribution is 7.26. The Morgan fingerprint density at radius 2 is 0.839 bits per heavy atom. The number of rotatable bonds is 6. The second kappa shape index (κ2) is 13.3. The lowest BCUT2D eigenvalue weighted by Gasteiger charge is -2.15. The Hall–Kier alpha value is -7.21. The molecule has 5 heteroatoms. The summed E-state index contributed by atoms with van der Waals surface area (Å²) in [7, 11) is 0. The minimum Gasteiger partial charge on any atom is -0.309 e. The quantitative estimate of drug-likeness (QED) is 0.171. The molecule has 0 saturated heterocycles. The molecule has 11 aromatic rings. The van der Waals surface area contributed by atoms with Crippen molar-refractivity contribution in [3.63, 3.8) is 0 Å². The number of nitrogens with zero attached hydrogens (tertiary/aromatic N) is 4. The van der Waals surface area contributed by atoms with Crippen LogP contribution in [0.25, 0.3) is 104 Å². The van der Waals surface area contributed by atoms with Gasteiger partial charge in [0.25, 0.3) is 0 Å². The molecule has 0 aliphatic heterocycles. The Kier molecular flexibility index (Phi) is 7.64. The van der Waals surface area contributed by atoms with E-state index in [9.17, 15) is 0 Å². The van der Waals surface area contributed by atoms with E-state index in [1.165, 1.54) is 47.6 Å². The van der Waals surface area contributed by atoms with Gasteiger partial charge in [0.2, 0.25) is 0 Å². The largest absolute Gasteiger partial charge is 0.309 e. The molecule has 0 saturated carbocycles. The molecule has 8 aromatic carbocycles. The van der Waals surface area contributed by atoms with Crippen LogP contribution < -0.4 is 0 Å². The maximum absolute atomic E-state index is 5.19. The molecular formula is C51H32N4S. The number of para-hydroxylation sites is 1. The second-order valence-electron chi connectivity index (χ2n) is 14.0. The normalized spacial score (nSPS) is 11.6. The van der Waals surface area contributed by atoms with Crippen molar-refractivity contribution < 1.29 is 0 Å². The topological polar surface area (TPSA) is 43.6 Å². The average Bonchev–Trinajstić information content (AvgIpc) is 3.83. The smallest absolute Gasteiger partial charge is 0.164 e. The first-order valence-corrected chi connectivity index (χ1v) is 19.6. The van der Waals surface area contributed by atoms with E-state index in [0.717, 1.165) is 39.0 Å². The monoisotopic (exact) mass is 732 g/mol. The van der Waals surface area contributed by atoms with Crippen molar-refractivity contribution in [3.8, 4) is 62.1 Å². The fourth-order valence-electron chi connectivity index (χ4n) is 7.99. The third-order valence-electron chi connectivity index (χ3n) is 10.6. The van der Waals surface area contributed by atoms with Gasteiger partial charge in [0.1, 0.15) is 0 Å². The molecule has 4 nitrogen and oxygen atoms in total. The molecule has 3 heterocycles. The van der Waals surface area contributed by atoms with E-state index in [0.29, 0.717) is 17.5 Å². The minimum atomic E-state index is 0.619. The summed E-state index contributed by atoms with van der Waals surface area (Å²) >= 11 is 1.85. The van der Waals surface area contributed by atoms with Gasteiger partial charge >= 0.3 is 0 Å². The van der Waals surface area contributed by atoms with Crippen LogP contribution in [0.4, 0.5) is 0 Å². The van der Waals surface area contributed by atoms with E-state index in [4.69, 9.17) is 15.0 Å². The van der Waals surface area contributed by atoms with Crippen molar-refractivity contribution in [1.82, 2.24) is 19.5 Å². The minimum absolute atomic E-state index is 0.619. The fourth-order valence-corrected chi connectivity index (χ4v) is 9.10. The molecule has 0 N–H and O–H groups in total. The predicted octanol–water partition coefficient (Wildman–Crippen LogP) is 13.7. The van der Waals surface area contributed by atoms with Crippen LogP contribution in [0.3, 0.4) is 0 Å². The first-order chi connectivity index (χ1) is 27.7. The number of hydrogen-bond acceptors (Lipinski definition) is 4. The van der Waals surface area contributed by atoms with Gasteiger partial charge in [-0.1, -0.05) is 158 Å². The van der Waals surface area contributed by atoms with Crippen LogP contribution >= 0.6 is 11.3 Å². The number of aromatic nitrogens is 4. The lowest BCUT2D eigenvalue weighted by atomic mass is 9.98. The third kappa shape index (κ3) is 5.48. The summed E-state index contributed by atoms with van der Waals surface area (Å²) in [5.41, 5.74) is 10.7. The summed E-state index contributed by atoms with van der Waals surface area (Å²) in [6.07, 6.45) is 0. The molecule has 0 radical (unpaired) electrons. The van der Waals surface area contributed by atoms with Gasteiger partial charge in [0.05, 0.1) is 11.0 Å². The molecule has 0 aliphatic carbocycles. The molecular weight excluding hydrogens is 701 g/mol. The third-order valence-corrected chi connectivity index (χ3v) is 11.8. The van der Waals surface area contributed by atoms with Crippen molar-refractivity contribution in [2.45, 2.75) is 0 Å². The number of benzene rings is 8. The Bertz CT molecular complexity index is 3160. The maximum atomic E-state index is 5.19. The highest BCUT2D eigenvalue weighted by atomic mass is 32.1. The van der Waals surface area contributed by atoms with Gasteiger partial charge in [-0.2, -0.15) is 0 Å². The van der Waals surface area contributed by atoms with Gasteiger partial charge in [0, 0.05) is 53.3 Å². The zero-order valence-electron chi connectivity index (χ0n) is 30.2. The Morgan fingerprint density at radius 3 is 1.50 bits per heavy atom. The summed E-state index contributed by atoms with van der Waals surface area (Å²) in [6.45, 7) is 0. The van der Waals surface area contributed by atoms with Crippen LogP contribution in [-0.2, 0) is 0 Å². The summed E-state index contributed by atoms with van der Waals surface area (Å²) in [5.74, 6) is 1.89. The van der Waals surface area contributed by atoms with E-state index in [1.807, 2.05) is 47.7 Å². The molecule has 262 valence electrons. The highest BCUT2D eigenvalue weighted by Gasteiger charge is 2.20. The molecule has 0 aliphatic rings. The van der Waals surface area contributed by atoms with Gasteiger partial charge in [-0.15, -0.1) is 11.3 Å². The first-order valence-electron chi connectivity index (χ1n) is 18.8. The lowest BCUT2D eigenvalue weighted by Crippen LogP contribution is -2.02. The van der Waals surface area contributed by atoms with E-state index in [-0.39, 0.29) is 0 Å². The van der Waals surface area contributed by atoms with Gasteiger partial charge in [-0.05, 0) is 58.7 Å². The van der Waals surface area contributed by atoms with E-state index in [2.05, 4.69) is 162 Å². The zero-order chi connectivity index (χ0) is 37.0. The van der Waals surface area contributed by atoms with Crippen LogP contribution in [0.15, 0.2) is 194 Å². The Balaban J connectivity index is 1.21. The van der Waals surface area contributed by atoms with Crippen molar-refractivity contribution in [1.29, 1.82) is 0 Å². The SMILES string of the molecule is c1ccc(-c2ccc(-c3cc(-c4nc(-c5ccccc5)nc(-c5ccccc5)n4)cc(-n4c5ccccc5c5ccc6sc7ccccc7c6c54)c3)cc2)cc1. The van der Waals surface area contributed by atoms with Crippen molar-refractivity contribution in [2.75, 3.05) is 0 Å². The Labute approximate surface area is 327 Å². The molecule has 0 amide bonds. The molecule has 0 unspecified atom stereocenters.